The lowest BCUT2D eigenvalue weighted by molar-refractivity contribution is 0.0696. The predicted octanol–water partition coefficient (Wildman–Crippen LogP) is 3.83. The molecule has 0 atom stereocenters. The first-order valence-electron chi connectivity index (χ1n) is 5.47. The van der Waals surface area contributed by atoms with Gasteiger partial charge in [0.1, 0.15) is 10.2 Å². The van der Waals surface area contributed by atoms with E-state index in [0.717, 1.165) is 16.8 Å². The lowest BCUT2D eigenvalue weighted by atomic mass is 9.97. The van der Waals surface area contributed by atoms with Crippen LogP contribution in [0, 0.1) is 13.8 Å². The number of rotatable bonds is 2. The third-order valence-corrected chi connectivity index (χ3v) is 3.33. The SMILES string of the molecule is Cc1cc(-c2ccccc2C)c(C(=O)O)c(Br)n1. The van der Waals surface area contributed by atoms with E-state index >= 15 is 0 Å². The number of aromatic nitrogens is 1. The van der Waals surface area contributed by atoms with Gasteiger partial charge in [0.15, 0.2) is 0 Å². The van der Waals surface area contributed by atoms with Gasteiger partial charge < -0.3 is 5.11 Å². The summed E-state index contributed by atoms with van der Waals surface area (Å²) in [5, 5.41) is 9.32. The highest BCUT2D eigenvalue weighted by atomic mass is 79.9. The van der Waals surface area contributed by atoms with Crippen molar-refractivity contribution in [2.24, 2.45) is 0 Å². The molecule has 0 spiro atoms. The standard InChI is InChI=1S/C14H12BrNO2/c1-8-5-3-4-6-10(8)11-7-9(2)16-13(15)12(11)14(17)18/h3-7H,1-2H3,(H,17,18). The molecule has 2 rings (SSSR count). The van der Waals surface area contributed by atoms with Crippen molar-refractivity contribution in [3.63, 3.8) is 0 Å². The molecule has 3 nitrogen and oxygen atoms in total. The van der Waals surface area contributed by atoms with Gasteiger partial charge in [0.05, 0.1) is 0 Å². The Morgan fingerprint density at radius 2 is 1.89 bits per heavy atom. The molecule has 0 aliphatic rings. The van der Waals surface area contributed by atoms with Crippen LogP contribution in [0.1, 0.15) is 21.6 Å². The molecule has 1 N–H and O–H groups in total. The van der Waals surface area contributed by atoms with E-state index in [0.29, 0.717) is 10.2 Å². The largest absolute Gasteiger partial charge is 0.478 e. The third-order valence-electron chi connectivity index (χ3n) is 2.75. The van der Waals surface area contributed by atoms with Crippen molar-refractivity contribution < 1.29 is 9.90 Å². The smallest absolute Gasteiger partial charge is 0.339 e. The molecular weight excluding hydrogens is 294 g/mol. The Hall–Kier alpha value is -1.68. The number of carboxylic acid groups (broad SMARTS) is 1. The zero-order valence-corrected chi connectivity index (χ0v) is 11.7. The highest BCUT2D eigenvalue weighted by Gasteiger charge is 2.18. The maximum absolute atomic E-state index is 11.4. The van der Waals surface area contributed by atoms with E-state index in [1.807, 2.05) is 38.1 Å². The second-order valence-corrected chi connectivity index (χ2v) is 4.85. The lowest BCUT2D eigenvalue weighted by Gasteiger charge is -2.11. The molecule has 18 heavy (non-hydrogen) atoms. The monoisotopic (exact) mass is 305 g/mol. The number of pyridine rings is 1. The summed E-state index contributed by atoms with van der Waals surface area (Å²) in [6, 6.07) is 9.52. The lowest BCUT2D eigenvalue weighted by Crippen LogP contribution is -2.04. The van der Waals surface area contributed by atoms with Crippen molar-refractivity contribution in [1.29, 1.82) is 0 Å². The number of aryl methyl sites for hydroxylation is 2. The molecule has 0 aliphatic carbocycles. The van der Waals surface area contributed by atoms with Gasteiger partial charge in [0.25, 0.3) is 0 Å². The number of hydrogen-bond donors (Lipinski definition) is 1. The van der Waals surface area contributed by atoms with Crippen molar-refractivity contribution in [3.8, 4) is 11.1 Å². The summed E-state index contributed by atoms with van der Waals surface area (Å²) >= 11 is 3.23. The molecule has 0 unspecified atom stereocenters. The van der Waals surface area contributed by atoms with Gasteiger partial charge in [-0.3, -0.25) is 0 Å². The van der Waals surface area contributed by atoms with Crippen molar-refractivity contribution in [1.82, 2.24) is 4.98 Å². The Kier molecular flexibility index (Phi) is 3.48. The molecule has 0 bridgehead atoms. The number of halogens is 1. The molecule has 0 amide bonds. The summed E-state index contributed by atoms with van der Waals surface area (Å²) in [5.74, 6) is -0.979. The first-order valence-corrected chi connectivity index (χ1v) is 6.26. The second-order valence-electron chi connectivity index (χ2n) is 4.10. The number of aromatic carboxylic acids is 1. The zero-order valence-electron chi connectivity index (χ0n) is 10.1. The quantitative estimate of drug-likeness (QED) is 0.858. The Morgan fingerprint density at radius 3 is 2.50 bits per heavy atom. The molecule has 1 heterocycles. The van der Waals surface area contributed by atoms with Crippen LogP contribution in [-0.2, 0) is 0 Å². The molecule has 0 radical (unpaired) electrons. The van der Waals surface area contributed by atoms with E-state index in [4.69, 9.17) is 0 Å². The van der Waals surface area contributed by atoms with Crippen molar-refractivity contribution in [2.45, 2.75) is 13.8 Å². The van der Waals surface area contributed by atoms with E-state index in [1.165, 1.54) is 0 Å². The van der Waals surface area contributed by atoms with Crippen LogP contribution in [0.15, 0.2) is 34.9 Å². The van der Waals surface area contributed by atoms with Gasteiger partial charge in [0.2, 0.25) is 0 Å². The van der Waals surface area contributed by atoms with Gasteiger partial charge in [-0.05, 0) is 47.0 Å². The van der Waals surface area contributed by atoms with Gasteiger partial charge in [0, 0.05) is 11.3 Å². The first-order chi connectivity index (χ1) is 8.50. The van der Waals surface area contributed by atoms with Gasteiger partial charge >= 0.3 is 5.97 Å². The van der Waals surface area contributed by atoms with Crippen LogP contribution in [0.5, 0.6) is 0 Å². The Morgan fingerprint density at radius 1 is 1.22 bits per heavy atom. The third kappa shape index (κ3) is 2.29. The van der Waals surface area contributed by atoms with Crippen molar-refractivity contribution in [2.75, 3.05) is 0 Å². The summed E-state index contributed by atoms with van der Waals surface area (Å²) in [6.45, 7) is 3.81. The maximum atomic E-state index is 11.4. The fourth-order valence-electron chi connectivity index (χ4n) is 1.93. The first kappa shape index (κ1) is 12.8. The highest BCUT2D eigenvalue weighted by Crippen LogP contribution is 2.31. The molecule has 4 heteroatoms. The minimum atomic E-state index is -0.979. The summed E-state index contributed by atoms with van der Waals surface area (Å²) in [4.78, 5) is 15.5. The topological polar surface area (TPSA) is 50.2 Å². The van der Waals surface area contributed by atoms with E-state index in [9.17, 15) is 9.90 Å². The predicted molar refractivity (Wildman–Crippen MR) is 73.8 cm³/mol. The fourth-order valence-corrected chi connectivity index (χ4v) is 2.59. The van der Waals surface area contributed by atoms with Crippen molar-refractivity contribution in [3.05, 3.63) is 51.8 Å². The van der Waals surface area contributed by atoms with E-state index in [-0.39, 0.29) is 5.56 Å². The minimum Gasteiger partial charge on any atom is -0.478 e. The van der Waals surface area contributed by atoms with Gasteiger partial charge in [-0.25, -0.2) is 9.78 Å². The number of carbonyl (C=O) groups is 1. The van der Waals surface area contributed by atoms with Crippen LogP contribution in [0.3, 0.4) is 0 Å². The maximum Gasteiger partial charge on any atom is 0.339 e. The van der Waals surface area contributed by atoms with Crippen LogP contribution in [-0.4, -0.2) is 16.1 Å². The van der Waals surface area contributed by atoms with E-state index in [1.54, 1.807) is 6.07 Å². The van der Waals surface area contributed by atoms with Crippen LogP contribution in [0.4, 0.5) is 0 Å². The molecule has 92 valence electrons. The minimum absolute atomic E-state index is 0.204. The average Bonchev–Trinajstić information content (AvgIpc) is 2.27. The van der Waals surface area contributed by atoms with Crippen LogP contribution < -0.4 is 0 Å². The molecule has 1 aromatic heterocycles. The second kappa shape index (κ2) is 4.90. The number of nitrogens with zero attached hydrogens (tertiary/aromatic N) is 1. The Balaban J connectivity index is 2.78. The van der Waals surface area contributed by atoms with E-state index < -0.39 is 5.97 Å². The molecule has 0 saturated carbocycles. The molecule has 0 fully saturated rings. The van der Waals surface area contributed by atoms with Crippen LogP contribution in [0.25, 0.3) is 11.1 Å². The molecule has 2 aromatic rings. The van der Waals surface area contributed by atoms with Crippen molar-refractivity contribution >= 4 is 21.9 Å². The Bertz CT molecular complexity index is 623. The average molecular weight is 306 g/mol. The van der Waals surface area contributed by atoms with E-state index in [2.05, 4.69) is 20.9 Å². The number of hydrogen-bond acceptors (Lipinski definition) is 2. The summed E-state index contributed by atoms with van der Waals surface area (Å²) in [7, 11) is 0. The normalized spacial score (nSPS) is 10.4. The zero-order chi connectivity index (χ0) is 13.3. The fraction of sp³-hybridized carbons (Fsp3) is 0.143. The summed E-state index contributed by atoms with van der Waals surface area (Å²) < 4.78 is 0.369. The number of carboxylic acids is 1. The summed E-state index contributed by atoms with van der Waals surface area (Å²) in [6.07, 6.45) is 0. The van der Waals surface area contributed by atoms with Gasteiger partial charge in [-0.15, -0.1) is 0 Å². The highest BCUT2D eigenvalue weighted by molar-refractivity contribution is 9.10. The molecule has 0 aliphatic heterocycles. The molecule has 0 saturated heterocycles. The van der Waals surface area contributed by atoms with Crippen LogP contribution >= 0.6 is 15.9 Å². The Labute approximate surface area is 114 Å². The number of benzene rings is 1. The van der Waals surface area contributed by atoms with Gasteiger partial charge in [-0.2, -0.15) is 0 Å². The molecular formula is C14H12BrNO2. The van der Waals surface area contributed by atoms with Gasteiger partial charge in [-0.1, -0.05) is 24.3 Å². The summed E-state index contributed by atoms with van der Waals surface area (Å²) in [5.41, 5.74) is 3.64. The molecule has 1 aromatic carbocycles. The van der Waals surface area contributed by atoms with Crippen LogP contribution in [0.2, 0.25) is 0 Å².